The number of likely N-dealkylation sites (tertiary alicyclic amines) is 1. The van der Waals surface area contributed by atoms with Crippen molar-refractivity contribution >= 4 is 27.5 Å². The Kier molecular flexibility index (Phi) is 7.53. The number of amides is 2. The minimum Gasteiger partial charge on any atom is -0.497 e. The van der Waals surface area contributed by atoms with Crippen molar-refractivity contribution in [2.75, 3.05) is 38.6 Å². The average molecular weight is 486 g/mol. The van der Waals surface area contributed by atoms with Gasteiger partial charge in [0.25, 0.3) is 5.91 Å². The first-order chi connectivity index (χ1) is 16.4. The summed E-state index contributed by atoms with van der Waals surface area (Å²) in [5.74, 6) is 0.231. The third kappa shape index (κ3) is 5.42. The molecule has 0 aromatic heterocycles. The van der Waals surface area contributed by atoms with Gasteiger partial charge in [-0.05, 0) is 80.6 Å². The van der Waals surface area contributed by atoms with E-state index in [0.29, 0.717) is 29.8 Å². The molecule has 0 unspecified atom stereocenters. The maximum Gasteiger partial charge on any atom is 0.253 e. The fourth-order valence-electron chi connectivity index (χ4n) is 4.48. The fraction of sp³-hybridized carbons (Fsp3) is 0.440. The molecule has 2 aliphatic heterocycles. The van der Waals surface area contributed by atoms with Crippen LogP contribution in [0.3, 0.4) is 0 Å². The number of nitrogens with one attached hydrogen (secondary N) is 1. The number of methoxy groups -OCH3 is 1. The summed E-state index contributed by atoms with van der Waals surface area (Å²) in [7, 11) is -2.08. The van der Waals surface area contributed by atoms with Gasteiger partial charge in [-0.1, -0.05) is 0 Å². The number of rotatable bonds is 6. The van der Waals surface area contributed by atoms with Crippen molar-refractivity contribution in [1.29, 1.82) is 0 Å². The molecule has 1 N–H and O–H groups in total. The van der Waals surface area contributed by atoms with Gasteiger partial charge in [-0.15, -0.1) is 0 Å². The van der Waals surface area contributed by atoms with Crippen LogP contribution in [-0.2, 0) is 14.8 Å². The number of nitrogens with zero attached hydrogens (tertiary/aromatic N) is 2. The van der Waals surface area contributed by atoms with Gasteiger partial charge in [-0.2, -0.15) is 4.31 Å². The summed E-state index contributed by atoms with van der Waals surface area (Å²) in [6, 6.07) is 13.3. The maximum atomic E-state index is 12.9. The molecule has 0 spiro atoms. The van der Waals surface area contributed by atoms with Gasteiger partial charge in [0.1, 0.15) is 5.75 Å². The Balaban J connectivity index is 1.30. The minimum atomic E-state index is -3.61. The first kappa shape index (κ1) is 24.2. The molecule has 182 valence electrons. The van der Waals surface area contributed by atoms with E-state index >= 15 is 0 Å². The quantitative estimate of drug-likeness (QED) is 0.677. The van der Waals surface area contributed by atoms with E-state index in [1.54, 1.807) is 36.4 Å². The summed E-state index contributed by atoms with van der Waals surface area (Å²) in [5, 5.41) is 2.91. The molecule has 0 aliphatic carbocycles. The molecule has 2 amide bonds. The normalized spacial score (nSPS) is 17.9. The number of sulfonamides is 1. The second-order valence-corrected chi connectivity index (χ2v) is 10.7. The van der Waals surface area contributed by atoms with E-state index in [0.717, 1.165) is 25.9 Å². The lowest BCUT2D eigenvalue weighted by atomic mass is 9.97. The molecule has 2 aliphatic rings. The number of carbonyl (C=O) groups excluding carboxylic acids is 2. The molecular weight excluding hydrogens is 454 g/mol. The molecule has 4 rings (SSSR count). The second kappa shape index (κ2) is 10.6. The van der Waals surface area contributed by atoms with Crippen LogP contribution in [0.5, 0.6) is 5.75 Å². The molecule has 2 fully saturated rings. The highest BCUT2D eigenvalue weighted by molar-refractivity contribution is 7.89. The van der Waals surface area contributed by atoms with E-state index in [1.807, 2.05) is 4.90 Å². The lowest BCUT2D eigenvalue weighted by Crippen LogP contribution is -2.41. The van der Waals surface area contributed by atoms with Crippen molar-refractivity contribution in [2.24, 2.45) is 5.92 Å². The first-order valence-corrected chi connectivity index (χ1v) is 13.2. The number of anilines is 1. The van der Waals surface area contributed by atoms with Crippen LogP contribution in [0.4, 0.5) is 5.69 Å². The van der Waals surface area contributed by atoms with Crippen LogP contribution in [0.1, 0.15) is 42.5 Å². The minimum absolute atomic E-state index is 0.0306. The van der Waals surface area contributed by atoms with Crippen LogP contribution in [-0.4, -0.2) is 62.7 Å². The van der Waals surface area contributed by atoms with Crippen molar-refractivity contribution in [2.45, 2.75) is 37.0 Å². The standard InChI is InChI=1S/C25H31N3O5S/c1-33-22-9-11-23(12-10-22)34(31,32)28-17-13-19(14-18-28)24(29)26-21-7-5-20(6-8-21)25(30)27-15-3-2-4-16-27/h5-12,19H,2-4,13-18H2,1H3,(H,26,29). The van der Waals surface area contributed by atoms with Gasteiger partial charge >= 0.3 is 0 Å². The monoisotopic (exact) mass is 485 g/mol. The zero-order chi connectivity index (χ0) is 24.1. The highest BCUT2D eigenvalue weighted by atomic mass is 32.2. The van der Waals surface area contributed by atoms with Crippen LogP contribution in [0.25, 0.3) is 0 Å². The number of hydrogen-bond acceptors (Lipinski definition) is 5. The molecule has 0 radical (unpaired) electrons. The lowest BCUT2D eigenvalue weighted by molar-refractivity contribution is -0.120. The number of benzene rings is 2. The largest absolute Gasteiger partial charge is 0.497 e. The third-order valence-electron chi connectivity index (χ3n) is 6.56. The number of hydrogen-bond donors (Lipinski definition) is 1. The van der Waals surface area contributed by atoms with E-state index in [1.165, 1.54) is 30.0 Å². The summed E-state index contributed by atoms with van der Waals surface area (Å²) in [6.07, 6.45) is 4.15. The van der Waals surface area contributed by atoms with E-state index in [4.69, 9.17) is 4.74 Å². The summed E-state index contributed by atoms with van der Waals surface area (Å²) >= 11 is 0. The molecule has 2 saturated heterocycles. The Morgan fingerprint density at radius 2 is 1.50 bits per heavy atom. The van der Waals surface area contributed by atoms with Crippen LogP contribution in [0.15, 0.2) is 53.4 Å². The molecule has 8 nitrogen and oxygen atoms in total. The van der Waals surface area contributed by atoms with Crippen molar-refractivity contribution in [3.63, 3.8) is 0 Å². The summed E-state index contributed by atoms with van der Waals surface area (Å²) < 4.78 is 32.3. The Bertz CT molecular complexity index is 1100. The molecule has 2 aromatic rings. The van der Waals surface area contributed by atoms with Crippen molar-refractivity contribution in [3.05, 3.63) is 54.1 Å². The zero-order valence-corrected chi connectivity index (χ0v) is 20.2. The predicted molar refractivity (Wildman–Crippen MR) is 129 cm³/mol. The number of carbonyl (C=O) groups is 2. The zero-order valence-electron chi connectivity index (χ0n) is 19.4. The molecule has 34 heavy (non-hydrogen) atoms. The van der Waals surface area contributed by atoms with Crippen LogP contribution in [0.2, 0.25) is 0 Å². The Labute approximate surface area is 200 Å². The van der Waals surface area contributed by atoms with Crippen molar-refractivity contribution < 1.29 is 22.7 Å². The molecule has 9 heteroatoms. The fourth-order valence-corrected chi connectivity index (χ4v) is 5.94. The van der Waals surface area contributed by atoms with Gasteiger partial charge in [0.15, 0.2) is 0 Å². The van der Waals surface area contributed by atoms with Gasteiger partial charge in [-0.25, -0.2) is 8.42 Å². The van der Waals surface area contributed by atoms with E-state index in [2.05, 4.69) is 5.32 Å². The highest BCUT2D eigenvalue weighted by Crippen LogP contribution is 2.26. The van der Waals surface area contributed by atoms with Crippen molar-refractivity contribution in [1.82, 2.24) is 9.21 Å². The van der Waals surface area contributed by atoms with Crippen LogP contribution in [0, 0.1) is 5.92 Å². The van der Waals surface area contributed by atoms with Crippen LogP contribution < -0.4 is 10.1 Å². The Hall–Kier alpha value is -2.91. The van der Waals surface area contributed by atoms with E-state index in [-0.39, 0.29) is 35.7 Å². The van der Waals surface area contributed by atoms with Crippen molar-refractivity contribution in [3.8, 4) is 5.75 Å². The lowest BCUT2D eigenvalue weighted by Gasteiger charge is -2.30. The number of piperidine rings is 2. The van der Waals surface area contributed by atoms with Gasteiger partial charge in [0.2, 0.25) is 15.9 Å². The smallest absolute Gasteiger partial charge is 0.253 e. The van der Waals surface area contributed by atoms with Crippen LogP contribution >= 0.6 is 0 Å². The first-order valence-electron chi connectivity index (χ1n) is 11.7. The van der Waals surface area contributed by atoms with E-state index < -0.39 is 10.0 Å². The molecule has 0 atom stereocenters. The van der Waals surface area contributed by atoms with Gasteiger partial charge < -0.3 is 15.0 Å². The summed E-state index contributed by atoms with van der Waals surface area (Å²) in [6.45, 7) is 2.17. The predicted octanol–water partition coefficient (Wildman–Crippen LogP) is 3.36. The molecular formula is C25H31N3O5S. The molecule has 2 heterocycles. The van der Waals surface area contributed by atoms with Gasteiger partial charge in [0, 0.05) is 43.3 Å². The Morgan fingerprint density at radius 1 is 0.882 bits per heavy atom. The summed E-state index contributed by atoms with van der Waals surface area (Å²) in [5.41, 5.74) is 1.26. The molecule has 2 aromatic carbocycles. The maximum absolute atomic E-state index is 12.9. The van der Waals surface area contributed by atoms with Gasteiger partial charge in [-0.3, -0.25) is 9.59 Å². The highest BCUT2D eigenvalue weighted by Gasteiger charge is 2.32. The van der Waals surface area contributed by atoms with Gasteiger partial charge in [0.05, 0.1) is 12.0 Å². The topological polar surface area (TPSA) is 96.0 Å². The van der Waals surface area contributed by atoms with E-state index in [9.17, 15) is 18.0 Å². The molecule has 0 saturated carbocycles. The Morgan fingerprint density at radius 3 is 2.09 bits per heavy atom. The molecule has 0 bridgehead atoms. The average Bonchev–Trinajstić information content (AvgIpc) is 2.89. The second-order valence-electron chi connectivity index (χ2n) is 8.77. The number of ether oxygens (including phenoxy) is 1. The SMILES string of the molecule is COc1ccc(S(=O)(=O)N2CCC(C(=O)Nc3ccc(C(=O)N4CCCCC4)cc3)CC2)cc1. The summed E-state index contributed by atoms with van der Waals surface area (Å²) in [4.78, 5) is 27.5. The third-order valence-corrected chi connectivity index (χ3v) is 8.48.